The Morgan fingerprint density at radius 2 is 1.79 bits per heavy atom. The molecular formula is C12H15ClN3O2P. The zero-order chi connectivity index (χ0) is 14.2. The first kappa shape index (κ1) is 14.0. The first-order valence-corrected chi connectivity index (χ1v) is 7.79. The lowest BCUT2D eigenvalue weighted by atomic mass is 10.2. The van der Waals surface area contributed by atoms with Crippen LogP contribution in [0.4, 0.5) is 10.5 Å². The molecule has 5 nitrogen and oxygen atoms in total. The molecule has 1 aliphatic heterocycles. The Bertz CT molecular complexity index is 585. The average molecular weight is 300 g/mol. The molecule has 1 aliphatic rings. The van der Waals surface area contributed by atoms with E-state index in [4.69, 9.17) is 11.6 Å². The second kappa shape index (κ2) is 4.91. The molecule has 102 valence electrons. The van der Waals surface area contributed by atoms with Crippen LogP contribution in [0.2, 0.25) is 0 Å². The maximum atomic E-state index is 12.8. The predicted molar refractivity (Wildman–Crippen MR) is 77.3 cm³/mol. The van der Waals surface area contributed by atoms with Gasteiger partial charge >= 0.3 is 6.03 Å². The molecule has 0 spiro atoms. The van der Waals surface area contributed by atoms with Gasteiger partial charge in [0.25, 0.3) is 7.44 Å². The molecule has 1 heterocycles. The van der Waals surface area contributed by atoms with Gasteiger partial charge in [0.15, 0.2) is 0 Å². The number of halogens is 1. The number of amides is 2. The molecule has 0 unspecified atom stereocenters. The Balaban J connectivity index is 2.34. The van der Waals surface area contributed by atoms with E-state index in [1.165, 1.54) is 29.5 Å². The van der Waals surface area contributed by atoms with Crippen LogP contribution in [0.1, 0.15) is 5.56 Å². The van der Waals surface area contributed by atoms with E-state index in [0.29, 0.717) is 5.69 Å². The van der Waals surface area contributed by atoms with Crippen molar-refractivity contribution in [1.29, 1.82) is 0 Å². The highest BCUT2D eigenvalue weighted by Crippen LogP contribution is 2.54. The molecule has 1 atom stereocenters. The molecule has 2 rings (SSSR count). The molecule has 0 aromatic heterocycles. The maximum Gasteiger partial charge on any atom is 0.331 e. The van der Waals surface area contributed by atoms with E-state index < -0.39 is 13.5 Å². The van der Waals surface area contributed by atoms with E-state index in [9.17, 15) is 9.36 Å². The summed E-state index contributed by atoms with van der Waals surface area (Å²) in [5, 5.41) is 3.05. The monoisotopic (exact) mass is 299 g/mol. The van der Waals surface area contributed by atoms with Crippen LogP contribution in [-0.2, 0) is 4.57 Å². The number of benzene rings is 1. The first-order valence-electron chi connectivity index (χ1n) is 5.68. The van der Waals surface area contributed by atoms with Gasteiger partial charge in [-0.1, -0.05) is 29.3 Å². The molecule has 19 heavy (non-hydrogen) atoms. The van der Waals surface area contributed by atoms with Crippen molar-refractivity contribution >= 4 is 30.8 Å². The Morgan fingerprint density at radius 3 is 2.37 bits per heavy atom. The van der Waals surface area contributed by atoms with E-state index in [2.05, 4.69) is 5.09 Å². The normalized spacial score (nSPS) is 23.4. The fourth-order valence-electron chi connectivity index (χ4n) is 1.67. The number of hydrogen-bond acceptors (Lipinski definition) is 2. The van der Waals surface area contributed by atoms with Crippen molar-refractivity contribution in [2.45, 2.75) is 6.92 Å². The third-order valence-electron chi connectivity index (χ3n) is 2.95. The van der Waals surface area contributed by atoms with Gasteiger partial charge in [-0.3, -0.25) is 14.1 Å². The number of nitrogens with one attached hydrogen (secondary N) is 1. The number of anilines is 1. The van der Waals surface area contributed by atoms with Gasteiger partial charge in [-0.25, -0.2) is 4.79 Å². The lowest BCUT2D eigenvalue weighted by Gasteiger charge is -2.35. The van der Waals surface area contributed by atoms with Gasteiger partial charge < -0.3 is 5.09 Å². The van der Waals surface area contributed by atoms with Crippen molar-refractivity contribution < 1.29 is 9.36 Å². The Kier molecular flexibility index (Phi) is 3.61. The Hall–Kier alpha value is -1.45. The Labute approximate surface area is 117 Å². The minimum absolute atomic E-state index is 0.158. The summed E-state index contributed by atoms with van der Waals surface area (Å²) in [6, 6.07) is 7.02. The van der Waals surface area contributed by atoms with Gasteiger partial charge in [0, 0.05) is 19.8 Å². The minimum Gasteiger partial charge on any atom is -0.317 e. The number of urea groups is 1. The highest BCUT2D eigenvalue weighted by Gasteiger charge is 2.37. The zero-order valence-electron chi connectivity index (χ0n) is 10.9. The second-order valence-electron chi connectivity index (χ2n) is 4.42. The summed E-state index contributed by atoms with van der Waals surface area (Å²) >= 11 is 5.93. The fourth-order valence-corrected chi connectivity index (χ4v) is 3.90. The Morgan fingerprint density at radius 1 is 1.21 bits per heavy atom. The number of nitrogens with zero attached hydrogens (tertiary/aromatic N) is 2. The van der Waals surface area contributed by atoms with Gasteiger partial charge in [0.2, 0.25) is 0 Å². The zero-order valence-corrected chi connectivity index (χ0v) is 12.6. The van der Waals surface area contributed by atoms with Crippen LogP contribution in [0.15, 0.2) is 35.2 Å². The summed E-state index contributed by atoms with van der Waals surface area (Å²) in [5.41, 5.74) is 1.78. The second-order valence-corrected chi connectivity index (χ2v) is 7.13. The molecule has 1 aromatic carbocycles. The van der Waals surface area contributed by atoms with E-state index in [-0.39, 0.29) is 5.16 Å². The summed E-state index contributed by atoms with van der Waals surface area (Å²) in [6.45, 7) is 1.97. The smallest absolute Gasteiger partial charge is 0.317 e. The van der Waals surface area contributed by atoms with Crippen molar-refractivity contribution in [2.24, 2.45) is 0 Å². The van der Waals surface area contributed by atoms with Gasteiger partial charge in [0.05, 0.1) is 5.82 Å². The van der Waals surface area contributed by atoms with E-state index in [0.717, 1.165) is 5.56 Å². The quantitative estimate of drug-likeness (QED) is 0.670. The van der Waals surface area contributed by atoms with Crippen LogP contribution in [0.25, 0.3) is 0 Å². The lowest BCUT2D eigenvalue weighted by Crippen LogP contribution is -2.39. The van der Waals surface area contributed by atoms with Crippen LogP contribution in [-0.4, -0.2) is 29.7 Å². The fraction of sp³-hybridized carbons (Fsp3) is 0.250. The third-order valence-corrected chi connectivity index (χ3v) is 5.70. The summed E-state index contributed by atoms with van der Waals surface area (Å²) in [4.78, 5) is 13.2. The molecule has 1 N–H and O–H groups in total. The first-order chi connectivity index (χ1) is 8.83. The highest BCUT2D eigenvalue weighted by molar-refractivity contribution is 7.67. The van der Waals surface area contributed by atoms with Crippen LogP contribution in [0.5, 0.6) is 0 Å². The van der Waals surface area contributed by atoms with E-state index in [1.54, 1.807) is 0 Å². The van der Waals surface area contributed by atoms with Crippen LogP contribution in [0.3, 0.4) is 0 Å². The van der Waals surface area contributed by atoms with E-state index in [1.807, 2.05) is 31.2 Å². The van der Waals surface area contributed by atoms with Gasteiger partial charge in [-0.2, -0.15) is 0 Å². The van der Waals surface area contributed by atoms with Crippen molar-refractivity contribution in [1.82, 2.24) is 9.57 Å². The maximum absolute atomic E-state index is 12.8. The molecule has 0 saturated heterocycles. The largest absolute Gasteiger partial charge is 0.331 e. The van der Waals surface area contributed by atoms with Crippen molar-refractivity contribution in [3.63, 3.8) is 0 Å². The molecule has 0 fully saturated rings. The molecule has 0 bridgehead atoms. The van der Waals surface area contributed by atoms with Gasteiger partial charge in [0.1, 0.15) is 5.16 Å². The molecule has 0 aliphatic carbocycles. The third kappa shape index (κ3) is 2.62. The van der Waals surface area contributed by atoms with Crippen LogP contribution in [0, 0.1) is 6.92 Å². The molecule has 0 radical (unpaired) electrons. The molecular weight excluding hydrogens is 285 g/mol. The van der Waals surface area contributed by atoms with Crippen LogP contribution >= 0.6 is 19.0 Å². The number of aryl methyl sites for hydroxylation is 1. The van der Waals surface area contributed by atoms with Crippen molar-refractivity contribution in [3.8, 4) is 0 Å². The van der Waals surface area contributed by atoms with E-state index >= 15 is 0 Å². The predicted octanol–water partition coefficient (Wildman–Crippen LogP) is 3.63. The molecule has 0 saturated carbocycles. The van der Waals surface area contributed by atoms with Crippen LogP contribution < -0.4 is 5.09 Å². The molecule has 2 amide bonds. The summed E-state index contributed by atoms with van der Waals surface area (Å²) < 4.78 is 14.0. The summed E-state index contributed by atoms with van der Waals surface area (Å²) in [5.74, 6) is 1.38. The topological polar surface area (TPSA) is 52.7 Å². The summed E-state index contributed by atoms with van der Waals surface area (Å²) in [7, 11) is -0.171. The van der Waals surface area contributed by atoms with Crippen molar-refractivity contribution in [3.05, 3.63) is 40.8 Å². The van der Waals surface area contributed by atoms with Gasteiger partial charge in [-0.05, 0) is 19.1 Å². The SMILES string of the molecule is Cc1ccc(N[P@@]2(=O)C=C(Cl)N(C)C(=O)N2C)cc1. The minimum atomic E-state index is -3.19. The van der Waals surface area contributed by atoms with Crippen molar-refractivity contribution in [2.75, 3.05) is 19.2 Å². The number of rotatable bonds is 2. The summed E-state index contributed by atoms with van der Waals surface area (Å²) in [6.07, 6.45) is 0. The van der Waals surface area contributed by atoms with Gasteiger partial charge in [-0.15, -0.1) is 0 Å². The standard InChI is InChI=1S/C12H15ClN3O2P/c1-9-4-6-10(7-5-9)14-19(18)8-11(13)15(2)12(17)16(19)3/h4-8H,1-3H3,(H,14,18)/t19-/m0/s1. The molecule has 1 aromatic rings. The highest BCUT2D eigenvalue weighted by atomic mass is 35.5. The molecule has 7 heteroatoms. The average Bonchev–Trinajstić information content (AvgIpc) is 2.37. The number of carbonyl (C=O) groups excluding carboxylic acids is 1. The number of hydrogen-bond donors (Lipinski definition) is 1. The number of carbonyl (C=O) groups is 1. The lowest BCUT2D eigenvalue weighted by molar-refractivity contribution is 0.205.